The number of benzene rings is 2. The topological polar surface area (TPSA) is 50.2 Å². The number of hydrogen-bond acceptors (Lipinski definition) is 2. The number of nitrogens with one attached hydrogen (secondary N) is 1. The van der Waals surface area contributed by atoms with E-state index in [0.29, 0.717) is 17.2 Å². The predicted molar refractivity (Wildman–Crippen MR) is 92.3 cm³/mol. The largest absolute Gasteiger partial charge is 0.329 e. The van der Waals surface area contributed by atoms with Crippen molar-refractivity contribution in [3.05, 3.63) is 80.7 Å². The van der Waals surface area contributed by atoms with Crippen molar-refractivity contribution in [1.29, 1.82) is 0 Å². The monoisotopic (exact) mass is 323 g/mol. The van der Waals surface area contributed by atoms with E-state index in [1.807, 2.05) is 55.5 Å². The summed E-state index contributed by atoms with van der Waals surface area (Å²) < 4.78 is 1.64. The summed E-state index contributed by atoms with van der Waals surface area (Å²) >= 11 is 6.05. The Balaban J connectivity index is 1.96. The van der Waals surface area contributed by atoms with Crippen molar-refractivity contribution >= 4 is 28.4 Å². The van der Waals surface area contributed by atoms with Crippen LogP contribution in [0.15, 0.2) is 53.3 Å². The number of para-hydroxylation sites is 2. The molecule has 4 rings (SSSR count). The maximum absolute atomic E-state index is 13.0. The Labute approximate surface area is 137 Å². The molecule has 0 spiro atoms. The lowest BCUT2D eigenvalue weighted by Gasteiger charge is -2.07. The van der Waals surface area contributed by atoms with Gasteiger partial charge >= 0.3 is 0 Å². The van der Waals surface area contributed by atoms with Crippen LogP contribution in [-0.4, -0.2) is 14.4 Å². The Kier molecular flexibility index (Phi) is 3.20. The van der Waals surface area contributed by atoms with Crippen molar-refractivity contribution in [3.63, 3.8) is 0 Å². The summed E-state index contributed by atoms with van der Waals surface area (Å²) in [7, 11) is 0. The van der Waals surface area contributed by atoms with Gasteiger partial charge in [-0.3, -0.25) is 4.79 Å². The van der Waals surface area contributed by atoms with Gasteiger partial charge in [0.25, 0.3) is 5.56 Å². The van der Waals surface area contributed by atoms with E-state index in [9.17, 15) is 4.79 Å². The molecule has 0 bridgehead atoms. The van der Waals surface area contributed by atoms with Gasteiger partial charge in [0.1, 0.15) is 0 Å². The quantitative estimate of drug-likeness (QED) is 0.611. The molecule has 4 aromatic rings. The van der Waals surface area contributed by atoms with Crippen molar-refractivity contribution in [3.8, 4) is 0 Å². The van der Waals surface area contributed by atoms with Crippen LogP contribution >= 0.6 is 11.6 Å². The zero-order chi connectivity index (χ0) is 16.0. The molecule has 2 heterocycles. The predicted octanol–water partition coefficient (Wildman–Crippen LogP) is 3.73. The van der Waals surface area contributed by atoms with E-state index in [1.54, 1.807) is 4.40 Å². The van der Waals surface area contributed by atoms with Gasteiger partial charge < -0.3 is 4.98 Å². The molecule has 0 radical (unpaired) electrons. The lowest BCUT2D eigenvalue weighted by molar-refractivity contribution is 0.968. The van der Waals surface area contributed by atoms with Gasteiger partial charge in [-0.25, -0.2) is 9.38 Å². The number of imidazole rings is 1. The van der Waals surface area contributed by atoms with Crippen LogP contribution in [0.3, 0.4) is 0 Å². The Bertz CT molecular complexity index is 1090. The molecule has 23 heavy (non-hydrogen) atoms. The summed E-state index contributed by atoms with van der Waals surface area (Å²) in [6.45, 7) is 1.90. The van der Waals surface area contributed by atoms with Crippen LogP contribution in [0.2, 0.25) is 5.02 Å². The molecule has 2 aromatic carbocycles. The van der Waals surface area contributed by atoms with Gasteiger partial charge in [-0.2, -0.15) is 0 Å². The van der Waals surface area contributed by atoms with Gasteiger partial charge in [-0.15, -0.1) is 0 Å². The number of hydrogen-bond donors (Lipinski definition) is 1. The molecule has 2 aromatic heterocycles. The lowest BCUT2D eigenvalue weighted by Crippen LogP contribution is -2.21. The van der Waals surface area contributed by atoms with Crippen LogP contribution < -0.4 is 5.56 Å². The van der Waals surface area contributed by atoms with E-state index in [-0.39, 0.29) is 5.56 Å². The second kappa shape index (κ2) is 5.25. The fourth-order valence-corrected chi connectivity index (χ4v) is 3.13. The molecule has 0 fully saturated rings. The number of fused-ring (bicyclic) bond motifs is 3. The normalized spacial score (nSPS) is 11.4. The van der Waals surface area contributed by atoms with Crippen molar-refractivity contribution in [2.24, 2.45) is 0 Å². The number of aryl methyl sites for hydroxylation is 1. The van der Waals surface area contributed by atoms with Crippen molar-refractivity contribution in [1.82, 2.24) is 14.4 Å². The fraction of sp³-hybridized carbons (Fsp3) is 0.111. The number of rotatable bonds is 2. The minimum Gasteiger partial charge on any atom is -0.329 e. The molecule has 0 aliphatic heterocycles. The van der Waals surface area contributed by atoms with Gasteiger partial charge in [-0.1, -0.05) is 35.9 Å². The Morgan fingerprint density at radius 2 is 2.00 bits per heavy atom. The number of aromatic nitrogens is 3. The van der Waals surface area contributed by atoms with Crippen LogP contribution in [0, 0.1) is 6.92 Å². The summed E-state index contributed by atoms with van der Waals surface area (Å²) in [5.41, 5.74) is 4.15. The molecular formula is C18H14ClN3O. The van der Waals surface area contributed by atoms with Gasteiger partial charge in [-0.05, 0) is 36.8 Å². The van der Waals surface area contributed by atoms with Crippen LogP contribution in [0.25, 0.3) is 16.8 Å². The van der Waals surface area contributed by atoms with Gasteiger partial charge in [0, 0.05) is 22.7 Å². The molecule has 5 heteroatoms. The third kappa shape index (κ3) is 2.32. The summed E-state index contributed by atoms with van der Waals surface area (Å²) in [4.78, 5) is 20.7. The van der Waals surface area contributed by atoms with Crippen molar-refractivity contribution in [2.75, 3.05) is 0 Å². The number of halogens is 1. The first-order chi connectivity index (χ1) is 11.1. The molecule has 0 atom stereocenters. The van der Waals surface area contributed by atoms with E-state index in [2.05, 4.69) is 9.97 Å². The summed E-state index contributed by atoms with van der Waals surface area (Å²) in [5.74, 6) is 0.573. The number of nitrogens with zero attached hydrogens (tertiary/aromatic N) is 2. The zero-order valence-corrected chi connectivity index (χ0v) is 13.3. The first-order valence-corrected chi connectivity index (χ1v) is 7.74. The molecule has 0 aliphatic carbocycles. The minimum atomic E-state index is -0.0371. The molecule has 4 nitrogen and oxygen atoms in total. The second-order valence-electron chi connectivity index (χ2n) is 5.60. The van der Waals surface area contributed by atoms with Crippen LogP contribution in [-0.2, 0) is 6.42 Å². The highest BCUT2D eigenvalue weighted by atomic mass is 35.5. The highest BCUT2D eigenvalue weighted by Gasteiger charge is 2.14. The van der Waals surface area contributed by atoms with E-state index < -0.39 is 0 Å². The molecule has 114 valence electrons. The summed E-state index contributed by atoms with van der Waals surface area (Å²) in [6.07, 6.45) is 0.532. The Morgan fingerprint density at radius 1 is 1.17 bits per heavy atom. The lowest BCUT2D eigenvalue weighted by atomic mass is 10.1. The standard InChI is InChI=1S/C18H14ClN3O/c1-11-14(10-12-5-4-6-13(19)9-12)17(23)22-16-8-3-2-7-15(16)21-18(22)20-11/h2-9H,10H2,1H3,(H,20,21). The van der Waals surface area contributed by atoms with E-state index >= 15 is 0 Å². The zero-order valence-electron chi connectivity index (χ0n) is 12.5. The Hall–Kier alpha value is -2.59. The average molecular weight is 324 g/mol. The number of aromatic amines is 1. The summed E-state index contributed by atoms with van der Waals surface area (Å²) in [6, 6.07) is 15.2. The second-order valence-corrected chi connectivity index (χ2v) is 6.04. The highest BCUT2D eigenvalue weighted by molar-refractivity contribution is 6.30. The van der Waals surface area contributed by atoms with Crippen LogP contribution in [0.4, 0.5) is 0 Å². The summed E-state index contributed by atoms with van der Waals surface area (Å²) in [5, 5.41) is 0.672. The molecular weight excluding hydrogens is 310 g/mol. The average Bonchev–Trinajstić information content (AvgIpc) is 2.89. The van der Waals surface area contributed by atoms with Gasteiger partial charge in [0.2, 0.25) is 5.78 Å². The molecule has 1 N–H and O–H groups in total. The molecule has 0 amide bonds. The SMILES string of the molecule is Cc1[nH]c2nc3ccccc3n2c(=O)c1Cc1cccc(Cl)c1. The van der Waals surface area contributed by atoms with Gasteiger partial charge in [0.05, 0.1) is 11.0 Å². The maximum atomic E-state index is 13.0. The fourth-order valence-electron chi connectivity index (χ4n) is 2.91. The Morgan fingerprint density at radius 3 is 2.83 bits per heavy atom. The first kappa shape index (κ1) is 14.0. The first-order valence-electron chi connectivity index (χ1n) is 7.37. The van der Waals surface area contributed by atoms with Crippen LogP contribution in [0.5, 0.6) is 0 Å². The number of H-pyrrole nitrogens is 1. The van der Waals surface area contributed by atoms with E-state index in [0.717, 1.165) is 27.9 Å². The van der Waals surface area contributed by atoms with Crippen molar-refractivity contribution < 1.29 is 0 Å². The minimum absolute atomic E-state index is 0.0371. The van der Waals surface area contributed by atoms with Crippen LogP contribution in [0.1, 0.15) is 16.8 Å². The van der Waals surface area contributed by atoms with Crippen molar-refractivity contribution in [2.45, 2.75) is 13.3 Å². The third-order valence-corrected chi connectivity index (χ3v) is 4.28. The molecule has 0 aliphatic rings. The molecule has 0 saturated carbocycles. The highest BCUT2D eigenvalue weighted by Crippen LogP contribution is 2.17. The smallest absolute Gasteiger partial charge is 0.263 e. The van der Waals surface area contributed by atoms with E-state index in [4.69, 9.17) is 11.6 Å². The molecule has 0 unspecified atom stereocenters. The third-order valence-electron chi connectivity index (χ3n) is 4.04. The van der Waals surface area contributed by atoms with Gasteiger partial charge in [0.15, 0.2) is 0 Å². The van der Waals surface area contributed by atoms with E-state index in [1.165, 1.54) is 0 Å². The maximum Gasteiger partial charge on any atom is 0.263 e. The molecule has 0 saturated heterocycles.